The number of nitrogens with one attached hydrogen (secondary N) is 2. The van der Waals surface area contributed by atoms with E-state index in [9.17, 15) is 0 Å². The van der Waals surface area contributed by atoms with Gasteiger partial charge < -0.3 is 15.2 Å². The van der Waals surface area contributed by atoms with Gasteiger partial charge in [-0.25, -0.2) is 0 Å². The molecule has 3 atom stereocenters. The Kier molecular flexibility index (Phi) is 8.63. The fourth-order valence-corrected chi connectivity index (χ4v) is 4.21. The van der Waals surface area contributed by atoms with Gasteiger partial charge in [0.2, 0.25) is 0 Å². The first-order valence-electron chi connectivity index (χ1n) is 10.1. The van der Waals surface area contributed by atoms with E-state index < -0.39 is 0 Å². The molecule has 1 aliphatic heterocycles. The number of halogens is 1. The number of nitrogens with zero attached hydrogens (tertiary/aromatic N) is 4. The van der Waals surface area contributed by atoms with Gasteiger partial charge in [0.15, 0.2) is 5.96 Å². The van der Waals surface area contributed by atoms with Crippen molar-refractivity contribution < 1.29 is 0 Å². The number of aromatic nitrogens is 3. The van der Waals surface area contributed by atoms with Crippen molar-refractivity contribution in [1.29, 1.82) is 0 Å². The van der Waals surface area contributed by atoms with Gasteiger partial charge in [-0.05, 0) is 44.9 Å². The van der Waals surface area contributed by atoms with E-state index in [0.717, 1.165) is 56.0 Å². The standard InChI is InChI=1S/C19H34N6.HI/c1-4-15-7-6-8-17(11-15)22-19(20-5-2)21-12-16-9-10-18-24-23-14(3)25(18)13-16;/h15-17H,4-13H2,1-3H3,(H2,20,21,22);1H. The molecule has 2 heterocycles. The molecule has 0 spiro atoms. The zero-order valence-electron chi connectivity index (χ0n) is 16.5. The van der Waals surface area contributed by atoms with Gasteiger partial charge in [0.25, 0.3) is 0 Å². The van der Waals surface area contributed by atoms with Crippen LogP contribution in [0.25, 0.3) is 0 Å². The first-order valence-corrected chi connectivity index (χ1v) is 10.1. The Bertz CT molecular complexity index is 585. The van der Waals surface area contributed by atoms with Gasteiger partial charge in [-0.2, -0.15) is 0 Å². The van der Waals surface area contributed by atoms with Crippen LogP contribution in [0.4, 0.5) is 0 Å². The summed E-state index contributed by atoms with van der Waals surface area (Å²) in [6, 6.07) is 0.578. The van der Waals surface area contributed by atoms with E-state index in [1.165, 1.54) is 32.1 Å². The Morgan fingerprint density at radius 3 is 2.81 bits per heavy atom. The fraction of sp³-hybridized carbons (Fsp3) is 0.842. The molecule has 2 N–H and O–H groups in total. The summed E-state index contributed by atoms with van der Waals surface area (Å²) >= 11 is 0. The van der Waals surface area contributed by atoms with Crippen LogP contribution in [-0.4, -0.2) is 39.9 Å². The Labute approximate surface area is 175 Å². The van der Waals surface area contributed by atoms with E-state index in [1.54, 1.807) is 0 Å². The van der Waals surface area contributed by atoms with Crippen LogP contribution in [0.3, 0.4) is 0 Å². The molecule has 3 rings (SSSR count). The van der Waals surface area contributed by atoms with E-state index in [-0.39, 0.29) is 24.0 Å². The molecular formula is C19H35IN6. The molecule has 148 valence electrons. The molecule has 1 aromatic heterocycles. The molecule has 0 bridgehead atoms. The molecule has 2 aliphatic rings. The number of aliphatic imine (C=N–C) groups is 1. The summed E-state index contributed by atoms with van der Waals surface area (Å²) in [5, 5.41) is 15.6. The van der Waals surface area contributed by atoms with E-state index in [2.05, 4.69) is 39.2 Å². The van der Waals surface area contributed by atoms with Crippen molar-refractivity contribution in [2.24, 2.45) is 16.8 Å². The number of aryl methyl sites for hydroxylation is 2. The number of hydrogen-bond donors (Lipinski definition) is 2. The Hall–Kier alpha value is -0.860. The van der Waals surface area contributed by atoms with Gasteiger partial charge in [0.1, 0.15) is 11.6 Å². The highest BCUT2D eigenvalue weighted by Gasteiger charge is 2.23. The average Bonchev–Trinajstić information content (AvgIpc) is 3.01. The summed E-state index contributed by atoms with van der Waals surface area (Å²) in [6.07, 6.45) is 8.77. The van der Waals surface area contributed by atoms with Crippen molar-refractivity contribution in [2.45, 2.75) is 78.3 Å². The third kappa shape index (κ3) is 5.57. The highest BCUT2D eigenvalue weighted by Crippen LogP contribution is 2.26. The Morgan fingerprint density at radius 2 is 2.04 bits per heavy atom. The maximum atomic E-state index is 4.91. The van der Waals surface area contributed by atoms with Crippen LogP contribution < -0.4 is 10.6 Å². The molecule has 6 nitrogen and oxygen atoms in total. The summed E-state index contributed by atoms with van der Waals surface area (Å²) in [7, 11) is 0. The second kappa shape index (κ2) is 10.5. The summed E-state index contributed by atoms with van der Waals surface area (Å²) < 4.78 is 2.26. The lowest BCUT2D eigenvalue weighted by atomic mass is 9.84. The zero-order valence-corrected chi connectivity index (χ0v) is 18.8. The van der Waals surface area contributed by atoms with Crippen LogP contribution in [0.5, 0.6) is 0 Å². The minimum atomic E-state index is 0. The van der Waals surface area contributed by atoms with Gasteiger partial charge in [-0.3, -0.25) is 4.99 Å². The first-order chi connectivity index (χ1) is 12.2. The molecule has 1 saturated carbocycles. The molecule has 1 aliphatic carbocycles. The highest BCUT2D eigenvalue weighted by atomic mass is 127. The van der Waals surface area contributed by atoms with Crippen LogP contribution in [0, 0.1) is 18.8 Å². The van der Waals surface area contributed by atoms with Crippen molar-refractivity contribution in [3.8, 4) is 0 Å². The number of guanidine groups is 1. The zero-order chi connectivity index (χ0) is 17.6. The van der Waals surface area contributed by atoms with Gasteiger partial charge in [0, 0.05) is 32.1 Å². The quantitative estimate of drug-likeness (QED) is 0.391. The van der Waals surface area contributed by atoms with Crippen molar-refractivity contribution in [3.63, 3.8) is 0 Å². The van der Waals surface area contributed by atoms with Crippen molar-refractivity contribution >= 4 is 29.9 Å². The van der Waals surface area contributed by atoms with E-state index in [1.807, 2.05) is 6.92 Å². The number of hydrogen-bond acceptors (Lipinski definition) is 3. The third-order valence-corrected chi connectivity index (χ3v) is 5.78. The fourth-order valence-electron chi connectivity index (χ4n) is 4.21. The van der Waals surface area contributed by atoms with Gasteiger partial charge in [-0.1, -0.05) is 26.2 Å². The molecule has 7 heteroatoms. The molecule has 1 aromatic rings. The summed E-state index contributed by atoms with van der Waals surface area (Å²) in [5.41, 5.74) is 0. The smallest absolute Gasteiger partial charge is 0.191 e. The molecule has 1 fully saturated rings. The Balaban J connectivity index is 0.00000243. The molecule has 0 amide bonds. The normalized spacial score (nSPS) is 26.0. The van der Waals surface area contributed by atoms with Gasteiger partial charge in [0.05, 0.1) is 0 Å². The number of fused-ring (bicyclic) bond motifs is 1. The predicted octanol–water partition coefficient (Wildman–Crippen LogP) is 3.29. The van der Waals surface area contributed by atoms with Crippen LogP contribution in [0.1, 0.15) is 64.0 Å². The average molecular weight is 474 g/mol. The summed E-state index contributed by atoms with van der Waals surface area (Å²) in [5.74, 6) is 4.61. The lowest BCUT2D eigenvalue weighted by Gasteiger charge is -2.30. The van der Waals surface area contributed by atoms with Crippen molar-refractivity contribution in [3.05, 3.63) is 11.6 Å². The first kappa shape index (κ1) is 21.4. The minimum Gasteiger partial charge on any atom is -0.357 e. The lowest BCUT2D eigenvalue weighted by Crippen LogP contribution is -2.45. The second-order valence-electron chi connectivity index (χ2n) is 7.68. The maximum absolute atomic E-state index is 4.91. The molecule has 0 saturated heterocycles. The van der Waals surface area contributed by atoms with Crippen molar-refractivity contribution in [2.75, 3.05) is 13.1 Å². The van der Waals surface area contributed by atoms with Crippen LogP contribution >= 0.6 is 24.0 Å². The third-order valence-electron chi connectivity index (χ3n) is 5.78. The monoisotopic (exact) mass is 474 g/mol. The maximum Gasteiger partial charge on any atom is 0.191 e. The van der Waals surface area contributed by atoms with E-state index >= 15 is 0 Å². The van der Waals surface area contributed by atoms with E-state index in [4.69, 9.17) is 4.99 Å². The topological polar surface area (TPSA) is 67.1 Å². The molecule has 0 radical (unpaired) electrons. The van der Waals surface area contributed by atoms with Crippen LogP contribution in [0.2, 0.25) is 0 Å². The summed E-state index contributed by atoms with van der Waals surface area (Å²) in [6.45, 7) is 9.28. The van der Waals surface area contributed by atoms with E-state index in [0.29, 0.717) is 12.0 Å². The van der Waals surface area contributed by atoms with Crippen LogP contribution in [0.15, 0.2) is 4.99 Å². The summed E-state index contributed by atoms with van der Waals surface area (Å²) in [4.78, 5) is 4.91. The molecule has 26 heavy (non-hydrogen) atoms. The number of rotatable bonds is 5. The van der Waals surface area contributed by atoms with Gasteiger partial charge in [-0.15, -0.1) is 34.2 Å². The highest BCUT2D eigenvalue weighted by molar-refractivity contribution is 14.0. The minimum absolute atomic E-state index is 0. The van der Waals surface area contributed by atoms with Gasteiger partial charge >= 0.3 is 0 Å². The Morgan fingerprint density at radius 1 is 1.19 bits per heavy atom. The molecule has 3 unspecified atom stereocenters. The SMILES string of the molecule is CCNC(=NCC1CCc2nnc(C)n2C1)NC1CCCC(CC)C1.I. The predicted molar refractivity (Wildman–Crippen MR) is 117 cm³/mol. The van der Waals surface area contributed by atoms with Crippen molar-refractivity contribution in [1.82, 2.24) is 25.4 Å². The second-order valence-corrected chi connectivity index (χ2v) is 7.68. The van der Waals surface area contributed by atoms with Crippen LogP contribution in [-0.2, 0) is 13.0 Å². The molecule has 0 aromatic carbocycles. The largest absolute Gasteiger partial charge is 0.357 e. The lowest BCUT2D eigenvalue weighted by molar-refractivity contribution is 0.298. The molecular weight excluding hydrogens is 439 g/mol.